The Balaban J connectivity index is 1.73. The van der Waals surface area contributed by atoms with Crippen LogP contribution in [-0.4, -0.2) is 63.3 Å². The van der Waals surface area contributed by atoms with Gasteiger partial charge in [-0.05, 0) is 61.6 Å². The van der Waals surface area contributed by atoms with Gasteiger partial charge in [0.2, 0.25) is 5.91 Å². The molecule has 9 heteroatoms. The van der Waals surface area contributed by atoms with Gasteiger partial charge in [-0.2, -0.15) is 5.10 Å². The van der Waals surface area contributed by atoms with Crippen LogP contribution in [0.15, 0.2) is 42.7 Å². The van der Waals surface area contributed by atoms with Gasteiger partial charge >= 0.3 is 0 Å². The van der Waals surface area contributed by atoms with Gasteiger partial charge in [-0.25, -0.2) is 9.67 Å². The first-order chi connectivity index (χ1) is 18.0. The second-order valence-electron chi connectivity index (χ2n) is 9.51. The van der Waals surface area contributed by atoms with Crippen LogP contribution in [0, 0.1) is 13.8 Å². The number of rotatable bonds is 5. The van der Waals surface area contributed by atoms with Gasteiger partial charge in [-0.15, -0.1) is 0 Å². The lowest BCUT2D eigenvalue weighted by Gasteiger charge is -2.30. The first kappa shape index (κ1) is 26.5. The topological polar surface area (TPSA) is 93.5 Å². The lowest BCUT2D eigenvalue weighted by Crippen LogP contribution is -2.38. The van der Waals surface area contributed by atoms with Crippen LogP contribution in [0.3, 0.4) is 0 Å². The van der Waals surface area contributed by atoms with Crippen LogP contribution in [0.4, 0.5) is 5.69 Å². The van der Waals surface area contributed by atoms with E-state index in [1.54, 1.807) is 10.9 Å². The van der Waals surface area contributed by atoms with Gasteiger partial charge in [0, 0.05) is 44.8 Å². The Morgan fingerprint density at radius 2 is 1.76 bits per heavy atom. The van der Waals surface area contributed by atoms with Gasteiger partial charge in [0.25, 0.3) is 5.91 Å². The van der Waals surface area contributed by atoms with Gasteiger partial charge in [0.05, 0.1) is 0 Å². The number of nitrogens with zero attached hydrogens (tertiary/aromatic N) is 6. The maximum absolute atomic E-state index is 13.6. The minimum absolute atomic E-state index is 0.0113. The van der Waals surface area contributed by atoms with Crippen LogP contribution in [-0.2, 0) is 27.4 Å². The molecule has 196 valence electrons. The standard InChI is InChI=1S/C28H36N6O3/c1-21-30-22(2)34(31-21)19-27(35)32-14-7-5-4-6-8-15-33(28(36)20-37-3)26-12-11-23(16-25(26)18-32)24-10-9-13-29-17-24/h9-13,16-17H,4-8,14-15,18-20H2,1-3H3. The lowest BCUT2D eigenvalue weighted by atomic mass is 10.0. The molecular weight excluding hydrogens is 468 g/mol. The molecule has 0 unspecified atom stereocenters. The summed E-state index contributed by atoms with van der Waals surface area (Å²) in [7, 11) is 1.54. The second kappa shape index (κ2) is 12.6. The van der Waals surface area contributed by atoms with Crippen LogP contribution in [0.2, 0.25) is 0 Å². The zero-order chi connectivity index (χ0) is 26.2. The molecule has 0 saturated heterocycles. The third-order valence-electron chi connectivity index (χ3n) is 6.71. The summed E-state index contributed by atoms with van der Waals surface area (Å²) >= 11 is 0. The summed E-state index contributed by atoms with van der Waals surface area (Å²) in [4.78, 5) is 39.0. The van der Waals surface area contributed by atoms with Gasteiger partial charge < -0.3 is 14.5 Å². The normalized spacial score (nSPS) is 15.0. The predicted octanol–water partition coefficient (Wildman–Crippen LogP) is 3.93. The number of ether oxygens (including phenoxy) is 1. The third-order valence-corrected chi connectivity index (χ3v) is 6.71. The van der Waals surface area contributed by atoms with Gasteiger partial charge in [-0.3, -0.25) is 14.6 Å². The number of aromatic nitrogens is 4. The molecule has 3 heterocycles. The van der Waals surface area contributed by atoms with E-state index in [0.29, 0.717) is 25.5 Å². The smallest absolute Gasteiger partial charge is 0.252 e. The van der Waals surface area contributed by atoms with Gasteiger partial charge in [0.1, 0.15) is 24.8 Å². The zero-order valence-corrected chi connectivity index (χ0v) is 22.0. The highest BCUT2D eigenvalue weighted by Gasteiger charge is 2.23. The third kappa shape index (κ3) is 6.80. The molecule has 0 N–H and O–H groups in total. The number of fused-ring (bicyclic) bond motifs is 1. The number of amides is 2. The number of aryl methyl sites for hydroxylation is 2. The van der Waals surface area contributed by atoms with Crippen molar-refractivity contribution >= 4 is 17.5 Å². The lowest BCUT2D eigenvalue weighted by molar-refractivity contribution is -0.132. The highest BCUT2D eigenvalue weighted by atomic mass is 16.5. The minimum Gasteiger partial charge on any atom is -0.375 e. The molecule has 1 aromatic carbocycles. The minimum atomic E-state index is -0.0819. The number of carbonyl (C=O) groups is 2. The fraction of sp³-hybridized carbons (Fsp3) is 0.464. The Hall–Kier alpha value is -3.59. The number of hydrogen-bond acceptors (Lipinski definition) is 6. The summed E-state index contributed by atoms with van der Waals surface area (Å²) in [5.74, 6) is 1.27. The summed E-state index contributed by atoms with van der Waals surface area (Å²) < 4.78 is 6.86. The largest absolute Gasteiger partial charge is 0.375 e. The number of benzene rings is 1. The van der Waals surface area contributed by atoms with Crippen molar-refractivity contribution in [2.45, 2.75) is 59.0 Å². The maximum Gasteiger partial charge on any atom is 0.252 e. The van der Waals surface area contributed by atoms with E-state index in [0.717, 1.165) is 60.3 Å². The van der Waals surface area contributed by atoms with Crippen molar-refractivity contribution < 1.29 is 14.3 Å². The monoisotopic (exact) mass is 504 g/mol. The van der Waals surface area contributed by atoms with E-state index in [4.69, 9.17) is 4.74 Å². The predicted molar refractivity (Wildman–Crippen MR) is 142 cm³/mol. The number of hydrogen-bond donors (Lipinski definition) is 0. The molecule has 0 aliphatic carbocycles. The van der Waals surface area contributed by atoms with Crippen LogP contribution in [0.5, 0.6) is 0 Å². The zero-order valence-electron chi connectivity index (χ0n) is 22.0. The van der Waals surface area contributed by atoms with Crippen molar-refractivity contribution in [1.82, 2.24) is 24.6 Å². The molecule has 0 fully saturated rings. The van der Waals surface area contributed by atoms with E-state index < -0.39 is 0 Å². The molecule has 37 heavy (non-hydrogen) atoms. The van der Waals surface area contributed by atoms with E-state index in [1.165, 1.54) is 7.11 Å². The van der Waals surface area contributed by atoms with Crippen LogP contribution in [0.25, 0.3) is 11.1 Å². The number of methoxy groups -OCH3 is 1. The Kier molecular flexibility index (Phi) is 9.00. The van der Waals surface area contributed by atoms with Crippen LogP contribution < -0.4 is 4.90 Å². The second-order valence-corrected chi connectivity index (χ2v) is 9.51. The molecule has 4 rings (SSSR count). The Labute approximate surface area is 218 Å². The molecule has 2 amide bonds. The fourth-order valence-electron chi connectivity index (χ4n) is 4.81. The van der Waals surface area contributed by atoms with Crippen LogP contribution >= 0.6 is 0 Å². The molecule has 3 aromatic rings. The van der Waals surface area contributed by atoms with Crippen molar-refractivity contribution in [2.75, 3.05) is 31.7 Å². The molecule has 0 bridgehead atoms. The van der Waals surface area contributed by atoms with Crippen LogP contribution in [0.1, 0.15) is 49.3 Å². The van der Waals surface area contributed by atoms with Gasteiger partial charge in [-0.1, -0.05) is 31.4 Å². The number of pyridine rings is 1. The summed E-state index contributed by atoms with van der Waals surface area (Å²) in [5, 5.41) is 4.39. The highest BCUT2D eigenvalue weighted by molar-refractivity contribution is 5.95. The molecule has 0 saturated carbocycles. The fourth-order valence-corrected chi connectivity index (χ4v) is 4.81. The van der Waals surface area contributed by atoms with Crippen molar-refractivity contribution in [1.29, 1.82) is 0 Å². The Bertz CT molecular complexity index is 1210. The quantitative estimate of drug-likeness (QED) is 0.523. The molecule has 2 aromatic heterocycles. The van der Waals surface area contributed by atoms with E-state index in [2.05, 4.69) is 21.1 Å². The first-order valence-corrected chi connectivity index (χ1v) is 12.9. The van der Waals surface area contributed by atoms with E-state index in [9.17, 15) is 9.59 Å². The molecule has 1 aliphatic heterocycles. The van der Waals surface area contributed by atoms with E-state index in [-0.39, 0.29) is 25.0 Å². The summed E-state index contributed by atoms with van der Waals surface area (Å²) in [6.45, 7) is 5.49. The average molecular weight is 505 g/mol. The van der Waals surface area contributed by atoms with Crippen molar-refractivity contribution in [3.8, 4) is 11.1 Å². The number of anilines is 1. The molecule has 0 spiro atoms. The van der Waals surface area contributed by atoms with Gasteiger partial charge in [0.15, 0.2) is 0 Å². The van der Waals surface area contributed by atoms with E-state index in [1.807, 2.05) is 54.1 Å². The Morgan fingerprint density at radius 1 is 0.973 bits per heavy atom. The summed E-state index contributed by atoms with van der Waals surface area (Å²) in [5.41, 5.74) is 3.72. The Morgan fingerprint density at radius 3 is 2.46 bits per heavy atom. The first-order valence-electron chi connectivity index (χ1n) is 12.9. The molecule has 9 nitrogen and oxygen atoms in total. The summed E-state index contributed by atoms with van der Waals surface area (Å²) in [6.07, 6.45) is 8.58. The molecular formula is C28H36N6O3. The highest BCUT2D eigenvalue weighted by Crippen LogP contribution is 2.30. The van der Waals surface area contributed by atoms with E-state index >= 15 is 0 Å². The summed E-state index contributed by atoms with van der Waals surface area (Å²) in [6, 6.07) is 10.0. The average Bonchev–Trinajstić information content (AvgIpc) is 3.20. The maximum atomic E-state index is 13.6. The molecule has 0 radical (unpaired) electrons. The van der Waals surface area contributed by atoms with Crippen molar-refractivity contribution in [3.05, 3.63) is 59.9 Å². The SMILES string of the molecule is COCC(=O)N1CCCCCCCN(C(=O)Cn2nc(C)nc2C)Cc2cc(-c3cccnc3)ccc21. The van der Waals surface area contributed by atoms with Crippen molar-refractivity contribution in [3.63, 3.8) is 0 Å². The molecule has 1 aliphatic rings. The van der Waals surface area contributed by atoms with Crippen molar-refractivity contribution in [2.24, 2.45) is 0 Å². The molecule has 0 atom stereocenters. The number of carbonyl (C=O) groups excluding carboxylic acids is 2.